The minimum Gasteiger partial charge on any atom is -0.294 e. The van der Waals surface area contributed by atoms with Crippen LogP contribution in [0.4, 0.5) is 5.69 Å². The fourth-order valence-corrected chi connectivity index (χ4v) is 1.30. The molecule has 0 spiro atoms. The van der Waals surface area contributed by atoms with E-state index < -0.39 is 0 Å². The molecule has 0 heterocycles. The average molecular weight is 191 g/mol. The van der Waals surface area contributed by atoms with Crippen molar-refractivity contribution in [1.29, 1.82) is 0 Å². The number of carbonyl (C=O) groups is 1. The highest BCUT2D eigenvalue weighted by molar-refractivity contribution is 6.00. The topological polar surface area (TPSA) is 46.5 Å². The quantitative estimate of drug-likeness (QED) is 0.541. The summed E-state index contributed by atoms with van der Waals surface area (Å²) in [5.74, 6) is -0.0396. The molecule has 14 heavy (non-hydrogen) atoms. The number of rotatable bonds is 4. The maximum atomic E-state index is 11.4. The van der Waals surface area contributed by atoms with Crippen LogP contribution in [0.1, 0.15) is 36.2 Å². The predicted molar refractivity (Wildman–Crippen MR) is 55.9 cm³/mol. The first-order valence-electron chi connectivity index (χ1n) is 4.72. The van der Waals surface area contributed by atoms with E-state index in [4.69, 9.17) is 0 Å². The third kappa shape index (κ3) is 2.05. The summed E-state index contributed by atoms with van der Waals surface area (Å²) in [6, 6.07) is 5.22. The fraction of sp³-hybridized carbons (Fsp3) is 0.364. The van der Waals surface area contributed by atoms with Gasteiger partial charge in [0, 0.05) is 12.0 Å². The summed E-state index contributed by atoms with van der Waals surface area (Å²) in [5, 5.41) is 2.88. The maximum Gasteiger partial charge on any atom is 0.164 e. The van der Waals surface area contributed by atoms with E-state index in [9.17, 15) is 9.70 Å². The Morgan fingerprint density at radius 3 is 2.57 bits per heavy atom. The Labute approximate surface area is 83.1 Å². The largest absolute Gasteiger partial charge is 0.294 e. The highest BCUT2D eigenvalue weighted by Crippen LogP contribution is 2.22. The van der Waals surface area contributed by atoms with Gasteiger partial charge in [-0.2, -0.15) is 0 Å². The van der Waals surface area contributed by atoms with Gasteiger partial charge in [-0.05, 0) is 29.3 Å². The first kappa shape index (κ1) is 10.6. The van der Waals surface area contributed by atoms with Crippen molar-refractivity contribution in [3.05, 3.63) is 34.2 Å². The van der Waals surface area contributed by atoms with E-state index >= 15 is 0 Å². The summed E-state index contributed by atoms with van der Waals surface area (Å²) >= 11 is 0. The van der Waals surface area contributed by atoms with Gasteiger partial charge in [0.15, 0.2) is 5.78 Å². The second-order valence-electron chi connectivity index (χ2n) is 3.07. The lowest BCUT2D eigenvalue weighted by Crippen LogP contribution is -1.97. The summed E-state index contributed by atoms with van der Waals surface area (Å²) in [7, 11) is 0. The number of Topliss-reactive ketones (excluding diaryl/α,β-unsaturated/α-hetero) is 1. The van der Waals surface area contributed by atoms with Gasteiger partial charge in [-0.15, -0.1) is 4.91 Å². The zero-order valence-corrected chi connectivity index (χ0v) is 8.41. The first-order valence-corrected chi connectivity index (χ1v) is 4.72. The number of hydrogen-bond acceptors (Lipinski definition) is 3. The van der Waals surface area contributed by atoms with Crippen molar-refractivity contribution in [3.8, 4) is 0 Å². The molecule has 1 aromatic rings. The second-order valence-corrected chi connectivity index (χ2v) is 3.07. The summed E-state index contributed by atoms with van der Waals surface area (Å²) in [5.41, 5.74) is 1.71. The number of aryl methyl sites for hydroxylation is 1. The molecular formula is C11H13NO2. The highest BCUT2D eigenvalue weighted by Gasteiger charge is 2.10. The van der Waals surface area contributed by atoms with Crippen molar-refractivity contribution in [2.24, 2.45) is 5.18 Å². The van der Waals surface area contributed by atoms with Crippen molar-refractivity contribution >= 4 is 11.5 Å². The maximum absolute atomic E-state index is 11.4. The van der Waals surface area contributed by atoms with Gasteiger partial charge in [-0.3, -0.25) is 4.79 Å². The smallest absolute Gasteiger partial charge is 0.164 e. The van der Waals surface area contributed by atoms with Crippen LogP contribution in [0.15, 0.2) is 23.4 Å². The third-order valence-corrected chi connectivity index (χ3v) is 2.19. The van der Waals surface area contributed by atoms with Crippen molar-refractivity contribution < 1.29 is 4.79 Å². The van der Waals surface area contributed by atoms with Crippen LogP contribution in [0.25, 0.3) is 0 Å². The van der Waals surface area contributed by atoms with Crippen molar-refractivity contribution in [2.45, 2.75) is 26.7 Å². The molecule has 1 rings (SSSR count). The predicted octanol–water partition coefficient (Wildman–Crippen LogP) is 3.24. The minimum atomic E-state index is -0.0396. The van der Waals surface area contributed by atoms with Gasteiger partial charge in [-0.25, -0.2) is 0 Å². The number of benzene rings is 1. The van der Waals surface area contributed by atoms with Crippen molar-refractivity contribution in [1.82, 2.24) is 0 Å². The molecule has 0 radical (unpaired) electrons. The van der Waals surface area contributed by atoms with Crippen LogP contribution in [0, 0.1) is 4.91 Å². The van der Waals surface area contributed by atoms with E-state index in [1.165, 1.54) is 0 Å². The Kier molecular flexibility index (Phi) is 3.51. The molecule has 0 amide bonds. The lowest BCUT2D eigenvalue weighted by atomic mass is 10.0. The van der Waals surface area contributed by atoms with E-state index in [2.05, 4.69) is 5.18 Å². The van der Waals surface area contributed by atoms with Crippen LogP contribution >= 0.6 is 0 Å². The monoisotopic (exact) mass is 191 g/mol. The molecular weight excluding hydrogens is 178 g/mol. The standard InChI is InChI=1S/C11H13NO2/c1-3-8-5-6-9(11(13)4-2)10(7-8)12-14/h5-7H,3-4H2,1-2H3. The lowest BCUT2D eigenvalue weighted by molar-refractivity contribution is 0.0989. The van der Waals surface area contributed by atoms with Crippen LogP contribution in [0.5, 0.6) is 0 Å². The molecule has 0 bridgehead atoms. The molecule has 1 aromatic carbocycles. The van der Waals surface area contributed by atoms with Gasteiger partial charge >= 0.3 is 0 Å². The number of carbonyl (C=O) groups excluding carboxylic acids is 1. The normalized spacial score (nSPS) is 9.86. The van der Waals surface area contributed by atoms with Gasteiger partial charge in [0.25, 0.3) is 0 Å². The molecule has 0 aliphatic heterocycles. The number of ketones is 1. The van der Waals surface area contributed by atoms with Crippen molar-refractivity contribution in [3.63, 3.8) is 0 Å². The molecule has 0 saturated carbocycles. The Balaban J connectivity index is 3.17. The van der Waals surface area contributed by atoms with Crippen LogP contribution in [-0.4, -0.2) is 5.78 Å². The molecule has 0 aromatic heterocycles. The molecule has 0 aliphatic rings. The summed E-state index contributed by atoms with van der Waals surface area (Å²) < 4.78 is 0. The summed E-state index contributed by atoms with van der Waals surface area (Å²) in [6.45, 7) is 3.76. The first-order chi connectivity index (χ1) is 6.72. The summed E-state index contributed by atoms with van der Waals surface area (Å²) in [6.07, 6.45) is 1.23. The minimum absolute atomic E-state index is 0.0396. The molecule has 0 saturated heterocycles. The second kappa shape index (κ2) is 4.65. The Hall–Kier alpha value is -1.51. The van der Waals surface area contributed by atoms with E-state index in [0.29, 0.717) is 12.0 Å². The zero-order valence-electron chi connectivity index (χ0n) is 8.41. The molecule has 0 unspecified atom stereocenters. The Morgan fingerprint density at radius 1 is 1.36 bits per heavy atom. The number of hydrogen-bond donors (Lipinski definition) is 0. The van der Waals surface area contributed by atoms with Crippen molar-refractivity contribution in [2.75, 3.05) is 0 Å². The van der Waals surface area contributed by atoms with E-state index in [1.54, 1.807) is 19.1 Å². The number of nitrogens with zero attached hydrogens (tertiary/aromatic N) is 1. The van der Waals surface area contributed by atoms with Gasteiger partial charge < -0.3 is 0 Å². The van der Waals surface area contributed by atoms with Crippen LogP contribution in [0.3, 0.4) is 0 Å². The Morgan fingerprint density at radius 2 is 2.07 bits per heavy atom. The zero-order chi connectivity index (χ0) is 10.6. The summed E-state index contributed by atoms with van der Waals surface area (Å²) in [4.78, 5) is 21.9. The van der Waals surface area contributed by atoms with E-state index in [1.807, 2.05) is 13.0 Å². The SMILES string of the molecule is CCC(=O)c1ccc(CC)cc1N=O. The van der Waals surface area contributed by atoms with E-state index in [-0.39, 0.29) is 11.5 Å². The van der Waals surface area contributed by atoms with Gasteiger partial charge in [0.05, 0.1) is 0 Å². The van der Waals surface area contributed by atoms with Gasteiger partial charge in [-0.1, -0.05) is 19.9 Å². The molecule has 0 aliphatic carbocycles. The Bertz CT molecular complexity index is 358. The lowest BCUT2D eigenvalue weighted by Gasteiger charge is -2.02. The molecule has 3 nitrogen and oxygen atoms in total. The fourth-order valence-electron chi connectivity index (χ4n) is 1.30. The molecule has 3 heteroatoms. The van der Waals surface area contributed by atoms with Gasteiger partial charge in [0.2, 0.25) is 0 Å². The highest BCUT2D eigenvalue weighted by atomic mass is 16.3. The molecule has 0 fully saturated rings. The average Bonchev–Trinajstić information content (AvgIpc) is 2.27. The van der Waals surface area contributed by atoms with E-state index in [0.717, 1.165) is 12.0 Å². The van der Waals surface area contributed by atoms with Crippen LogP contribution in [0.2, 0.25) is 0 Å². The third-order valence-electron chi connectivity index (χ3n) is 2.19. The van der Waals surface area contributed by atoms with Gasteiger partial charge in [0.1, 0.15) is 5.69 Å². The van der Waals surface area contributed by atoms with Crippen LogP contribution in [-0.2, 0) is 6.42 Å². The molecule has 0 N–H and O–H groups in total. The molecule has 74 valence electrons. The molecule has 0 atom stereocenters. The number of nitroso groups, excluding NO2 is 1. The van der Waals surface area contributed by atoms with Crippen LogP contribution < -0.4 is 0 Å².